The van der Waals surface area contributed by atoms with Gasteiger partial charge in [0.1, 0.15) is 0 Å². The molecule has 2 heteroatoms. The SMILES string of the molecule is O[C@@H](CCCF)c1ccccc1. The molecule has 0 saturated heterocycles. The Morgan fingerprint density at radius 3 is 2.50 bits per heavy atom. The molecule has 1 aromatic rings. The number of aliphatic hydroxyl groups excluding tert-OH is 1. The van der Waals surface area contributed by atoms with E-state index in [1.165, 1.54) is 0 Å². The first-order valence-electron chi connectivity index (χ1n) is 4.13. The Bertz CT molecular complexity index is 210. The molecule has 1 N–H and O–H groups in total. The number of halogens is 1. The lowest BCUT2D eigenvalue weighted by atomic mass is 10.1. The Balaban J connectivity index is 2.48. The molecule has 1 nitrogen and oxygen atoms in total. The van der Waals surface area contributed by atoms with Gasteiger partial charge in [-0.25, -0.2) is 0 Å². The Labute approximate surface area is 71.9 Å². The van der Waals surface area contributed by atoms with E-state index in [4.69, 9.17) is 0 Å². The molecule has 0 radical (unpaired) electrons. The molecule has 0 heterocycles. The summed E-state index contributed by atoms with van der Waals surface area (Å²) in [7, 11) is 0. The van der Waals surface area contributed by atoms with Gasteiger partial charge in [-0.3, -0.25) is 4.39 Å². The Hall–Kier alpha value is -0.890. The van der Waals surface area contributed by atoms with Crippen molar-refractivity contribution in [2.75, 3.05) is 6.67 Å². The molecule has 0 aromatic heterocycles. The van der Waals surface area contributed by atoms with Gasteiger partial charge in [-0.05, 0) is 18.4 Å². The number of benzene rings is 1. The van der Waals surface area contributed by atoms with Crippen LogP contribution in [-0.4, -0.2) is 11.8 Å². The highest BCUT2D eigenvalue weighted by molar-refractivity contribution is 5.16. The van der Waals surface area contributed by atoms with Crippen LogP contribution in [0.15, 0.2) is 30.3 Å². The quantitative estimate of drug-likeness (QED) is 0.732. The van der Waals surface area contributed by atoms with Crippen LogP contribution in [0.2, 0.25) is 0 Å². The molecule has 0 saturated carbocycles. The van der Waals surface area contributed by atoms with Crippen molar-refractivity contribution in [3.05, 3.63) is 35.9 Å². The first-order chi connectivity index (χ1) is 5.84. The Kier molecular flexibility index (Phi) is 3.74. The molecule has 1 atom stereocenters. The monoisotopic (exact) mass is 168 g/mol. The van der Waals surface area contributed by atoms with Gasteiger partial charge >= 0.3 is 0 Å². The van der Waals surface area contributed by atoms with Crippen molar-refractivity contribution in [2.24, 2.45) is 0 Å². The molecule has 12 heavy (non-hydrogen) atoms. The summed E-state index contributed by atoms with van der Waals surface area (Å²) in [4.78, 5) is 0. The van der Waals surface area contributed by atoms with Crippen LogP contribution in [0.3, 0.4) is 0 Å². The van der Waals surface area contributed by atoms with Crippen LogP contribution in [0.25, 0.3) is 0 Å². The summed E-state index contributed by atoms with van der Waals surface area (Å²) in [5.74, 6) is 0. The fourth-order valence-corrected chi connectivity index (χ4v) is 1.11. The maximum Gasteiger partial charge on any atom is 0.0895 e. The van der Waals surface area contributed by atoms with E-state index >= 15 is 0 Å². The van der Waals surface area contributed by atoms with Crippen LogP contribution < -0.4 is 0 Å². The number of hydrogen-bond donors (Lipinski definition) is 1. The van der Waals surface area contributed by atoms with E-state index < -0.39 is 6.10 Å². The van der Waals surface area contributed by atoms with Crippen LogP contribution >= 0.6 is 0 Å². The molecule has 0 aliphatic rings. The number of aliphatic hydroxyl groups is 1. The van der Waals surface area contributed by atoms with E-state index in [2.05, 4.69) is 0 Å². The van der Waals surface area contributed by atoms with Crippen LogP contribution in [0.4, 0.5) is 4.39 Å². The second-order valence-corrected chi connectivity index (χ2v) is 2.76. The normalized spacial score (nSPS) is 12.8. The van der Waals surface area contributed by atoms with Crippen LogP contribution in [0.1, 0.15) is 24.5 Å². The smallest absolute Gasteiger partial charge is 0.0895 e. The van der Waals surface area contributed by atoms with Crippen LogP contribution in [-0.2, 0) is 0 Å². The minimum Gasteiger partial charge on any atom is -0.388 e. The molecule has 1 aromatic carbocycles. The summed E-state index contributed by atoms with van der Waals surface area (Å²) in [6.07, 6.45) is 0.415. The molecular weight excluding hydrogens is 155 g/mol. The maximum atomic E-state index is 11.8. The zero-order valence-electron chi connectivity index (χ0n) is 6.91. The van der Waals surface area contributed by atoms with Crippen molar-refractivity contribution in [3.8, 4) is 0 Å². The average molecular weight is 168 g/mol. The molecule has 0 spiro atoms. The summed E-state index contributed by atoms with van der Waals surface area (Å²) in [6.45, 7) is -0.357. The molecule has 0 aliphatic carbocycles. The molecular formula is C10H13FO. The lowest BCUT2D eigenvalue weighted by molar-refractivity contribution is 0.161. The first-order valence-corrected chi connectivity index (χ1v) is 4.13. The predicted molar refractivity (Wildman–Crippen MR) is 46.6 cm³/mol. The topological polar surface area (TPSA) is 20.2 Å². The summed E-state index contributed by atoms with van der Waals surface area (Å²) < 4.78 is 11.8. The van der Waals surface area contributed by atoms with Crippen LogP contribution in [0, 0.1) is 0 Å². The second-order valence-electron chi connectivity index (χ2n) is 2.76. The summed E-state index contributed by atoms with van der Waals surface area (Å²) in [5.41, 5.74) is 0.867. The minimum absolute atomic E-state index is 0.357. The van der Waals surface area contributed by atoms with Gasteiger partial charge in [0, 0.05) is 0 Å². The minimum atomic E-state index is -0.512. The summed E-state index contributed by atoms with van der Waals surface area (Å²) in [6, 6.07) is 9.33. The average Bonchev–Trinajstić information content (AvgIpc) is 2.15. The number of rotatable bonds is 4. The molecule has 0 unspecified atom stereocenters. The van der Waals surface area contributed by atoms with Gasteiger partial charge in [-0.15, -0.1) is 0 Å². The second kappa shape index (κ2) is 4.88. The van der Waals surface area contributed by atoms with E-state index in [1.54, 1.807) is 0 Å². The van der Waals surface area contributed by atoms with Gasteiger partial charge in [0.15, 0.2) is 0 Å². The molecule has 0 fully saturated rings. The first kappa shape index (κ1) is 9.20. The molecule has 0 aliphatic heterocycles. The third-order valence-corrected chi connectivity index (χ3v) is 1.80. The van der Waals surface area contributed by atoms with Gasteiger partial charge in [-0.2, -0.15) is 0 Å². The zero-order valence-corrected chi connectivity index (χ0v) is 6.91. The van der Waals surface area contributed by atoms with E-state index in [0.717, 1.165) is 5.56 Å². The van der Waals surface area contributed by atoms with Crippen molar-refractivity contribution in [3.63, 3.8) is 0 Å². The Morgan fingerprint density at radius 1 is 1.25 bits per heavy atom. The predicted octanol–water partition coefficient (Wildman–Crippen LogP) is 2.47. The number of hydrogen-bond acceptors (Lipinski definition) is 1. The van der Waals surface area contributed by atoms with Gasteiger partial charge in [-0.1, -0.05) is 30.3 Å². The fourth-order valence-electron chi connectivity index (χ4n) is 1.11. The highest BCUT2D eigenvalue weighted by Gasteiger charge is 2.04. The van der Waals surface area contributed by atoms with E-state index in [1.807, 2.05) is 30.3 Å². The van der Waals surface area contributed by atoms with Gasteiger partial charge in [0.05, 0.1) is 12.8 Å². The van der Waals surface area contributed by atoms with E-state index in [9.17, 15) is 9.50 Å². The lowest BCUT2D eigenvalue weighted by Gasteiger charge is -2.08. The molecule has 66 valence electrons. The van der Waals surface area contributed by atoms with Crippen LogP contribution in [0.5, 0.6) is 0 Å². The maximum absolute atomic E-state index is 11.8. The van der Waals surface area contributed by atoms with Gasteiger partial charge < -0.3 is 5.11 Å². The lowest BCUT2D eigenvalue weighted by Crippen LogP contribution is -1.97. The third kappa shape index (κ3) is 2.62. The largest absolute Gasteiger partial charge is 0.388 e. The van der Waals surface area contributed by atoms with Crippen molar-refractivity contribution in [1.29, 1.82) is 0 Å². The van der Waals surface area contributed by atoms with Crippen molar-refractivity contribution >= 4 is 0 Å². The van der Waals surface area contributed by atoms with E-state index in [0.29, 0.717) is 12.8 Å². The van der Waals surface area contributed by atoms with Crippen molar-refractivity contribution in [2.45, 2.75) is 18.9 Å². The van der Waals surface area contributed by atoms with Gasteiger partial charge in [0.2, 0.25) is 0 Å². The van der Waals surface area contributed by atoms with Crippen molar-refractivity contribution < 1.29 is 9.50 Å². The van der Waals surface area contributed by atoms with E-state index in [-0.39, 0.29) is 6.67 Å². The highest BCUT2D eigenvalue weighted by Crippen LogP contribution is 2.17. The molecule has 0 amide bonds. The number of alkyl halides is 1. The molecule has 0 bridgehead atoms. The Morgan fingerprint density at radius 2 is 1.92 bits per heavy atom. The van der Waals surface area contributed by atoms with Crippen molar-refractivity contribution in [1.82, 2.24) is 0 Å². The highest BCUT2D eigenvalue weighted by atomic mass is 19.1. The summed E-state index contributed by atoms with van der Waals surface area (Å²) >= 11 is 0. The zero-order chi connectivity index (χ0) is 8.81. The third-order valence-electron chi connectivity index (χ3n) is 1.80. The summed E-state index contributed by atoms with van der Waals surface area (Å²) in [5, 5.41) is 9.48. The van der Waals surface area contributed by atoms with Gasteiger partial charge in [0.25, 0.3) is 0 Å². The fraction of sp³-hybridized carbons (Fsp3) is 0.400. The molecule has 1 rings (SSSR count). The standard InChI is InChI=1S/C10H13FO/c11-8-4-7-10(12)9-5-2-1-3-6-9/h1-3,5-6,10,12H,4,7-8H2/t10-/m0/s1.